The number of aromatic nitrogens is 1. The molecule has 2 aromatic carbocycles. The van der Waals surface area contributed by atoms with E-state index in [1.54, 1.807) is 53.2 Å². The molecule has 1 heterocycles. The van der Waals surface area contributed by atoms with Crippen molar-refractivity contribution in [2.45, 2.75) is 12.9 Å². The van der Waals surface area contributed by atoms with Gasteiger partial charge in [-0.15, -0.1) is 13.2 Å². The molecule has 33 heavy (non-hydrogen) atoms. The number of carboxylic acids is 1. The standard InChI is InChI=1S/C23H19F3N2O5/c24-23(25,26)33-20-11-2-1-9-18(20)27-22(31)19-10-5-13-28(19)12-4-7-16-6-3-8-17(14-16)32-15-21(29)30/h1-11,13-14H,12,15H2,(H,27,31)(H,29,30). The molecule has 7 nitrogen and oxygen atoms in total. The minimum absolute atomic E-state index is 0.110. The Bertz CT molecular complexity index is 1150. The maximum Gasteiger partial charge on any atom is 0.573 e. The Kier molecular flexibility index (Phi) is 7.39. The molecule has 1 amide bonds. The number of halogens is 3. The first-order chi connectivity index (χ1) is 15.7. The van der Waals surface area contributed by atoms with Crippen LogP contribution in [0.3, 0.4) is 0 Å². The van der Waals surface area contributed by atoms with Crippen LogP contribution in [-0.2, 0) is 11.3 Å². The van der Waals surface area contributed by atoms with E-state index in [9.17, 15) is 22.8 Å². The Hall–Kier alpha value is -4.21. The summed E-state index contributed by atoms with van der Waals surface area (Å²) >= 11 is 0. The van der Waals surface area contributed by atoms with Crippen LogP contribution in [0.1, 0.15) is 16.1 Å². The molecule has 0 aliphatic heterocycles. The van der Waals surface area contributed by atoms with Crippen molar-refractivity contribution in [3.63, 3.8) is 0 Å². The summed E-state index contributed by atoms with van der Waals surface area (Å²) in [5, 5.41) is 11.1. The number of carbonyl (C=O) groups excluding carboxylic acids is 1. The number of nitrogens with one attached hydrogen (secondary N) is 1. The van der Waals surface area contributed by atoms with E-state index in [1.165, 1.54) is 24.3 Å². The molecule has 0 unspecified atom stereocenters. The molecule has 1 aromatic heterocycles. The predicted octanol–water partition coefficient (Wildman–Crippen LogP) is 4.82. The molecule has 0 saturated carbocycles. The van der Waals surface area contributed by atoms with E-state index >= 15 is 0 Å². The predicted molar refractivity (Wildman–Crippen MR) is 114 cm³/mol. The van der Waals surface area contributed by atoms with Gasteiger partial charge < -0.3 is 24.5 Å². The minimum Gasteiger partial charge on any atom is -0.482 e. The molecule has 172 valence electrons. The molecule has 0 aliphatic carbocycles. The SMILES string of the molecule is O=C(O)COc1cccc(C=CCn2cccc2C(=O)Nc2ccccc2OC(F)(F)F)c1. The van der Waals surface area contributed by atoms with E-state index in [4.69, 9.17) is 9.84 Å². The quantitative estimate of drug-likeness (QED) is 0.478. The summed E-state index contributed by atoms with van der Waals surface area (Å²) in [6.07, 6.45) is 0.307. The largest absolute Gasteiger partial charge is 0.573 e. The van der Waals surface area contributed by atoms with Crippen molar-refractivity contribution in [3.8, 4) is 11.5 Å². The number of hydrogen-bond acceptors (Lipinski definition) is 4. The van der Waals surface area contributed by atoms with Gasteiger partial charge >= 0.3 is 12.3 Å². The average Bonchev–Trinajstić information content (AvgIpc) is 3.22. The van der Waals surface area contributed by atoms with Gasteiger partial charge in [-0.3, -0.25) is 4.79 Å². The van der Waals surface area contributed by atoms with Crippen LogP contribution in [0.4, 0.5) is 18.9 Å². The summed E-state index contributed by atoms with van der Waals surface area (Å²) in [5.41, 5.74) is 0.885. The number of aliphatic carboxylic acids is 1. The lowest BCUT2D eigenvalue weighted by Gasteiger charge is -2.14. The van der Waals surface area contributed by atoms with Crippen LogP contribution in [0, 0.1) is 0 Å². The van der Waals surface area contributed by atoms with E-state index in [2.05, 4.69) is 10.1 Å². The van der Waals surface area contributed by atoms with Crippen molar-refractivity contribution in [1.82, 2.24) is 4.57 Å². The normalized spacial score (nSPS) is 11.4. The van der Waals surface area contributed by atoms with Crippen LogP contribution in [0.5, 0.6) is 11.5 Å². The number of rotatable bonds is 9. The number of hydrogen-bond donors (Lipinski definition) is 2. The average molecular weight is 460 g/mol. The topological polar surface area (TPSA) is 89.8 Å². The minimum atomic E-state index is -4.89. The summed E-state index contributed by atoms with van der Waals surface area (Å²) in [5.74, 6) is -1.79. The molecule has 0 aliphatic rings. The van der Waals surface area contributed by atoms with E-state index in [-0.39, 0.29) is 11.4 Å². The van der Waals surface area contributed by atoms with Gasteiger partial charge in [0.25, 0.3) is 5.91 Å². The number of alkyl halides is 3. The molecule has 0 bridgehead atoms. The van der Waals surface area contributed by atoms with Crippen molar-refractivity contribution in [1.29, 1.82) is 0 Å². The molecule has 0 saturated heterocycles. The first-order valence-corrected chi connectivity index (χ1v) is 9.64. The van der Waals surface area contributed by atoms with Gasteiger partial charge in [-0.25, -0.2) is 4.79 Å². The lowest BCUT2D eigenvalue weighted by atomic mass is 10.2. The molecule has 3 aromatic rings. The molecule has 0 spiro atoms. The van der Waals surface area contributed by atoms with E-state index in [0.29, 0.717) is 12.3 Å². The Morgan fingerprint density at radius 2 is 1.85 bits per heavy atom. The zero-order chi connectivity index (χ0) is 23.8. The first kappa shape index (κ1) is 23.5. The maximum atomic E-state index is 12.7. The van der Waals surface area contributed by atoms with Crippen molar-refractivity contribution >= 4 is 23.6 Å². The van der Waals surface area contributed by atoms with Gasteiger partial charge in [0.05, 0.1) is 5.69 Å². The number of allylic oxidation sites excluding steroid dienone is 1. The highest BCUT2D eigenvalue weighted by molar-refractivity contribution is 6.04. The highest BCUT2D eigenvalue weighted by Crippen LogP contribution is 2.30. The molecule has 0 atom stereocenters. The van der Waals surface area contributed by atoms with Crippen LogP contribution in [0.2, 0.25) is 0 Å². The third kappa shape index (κ3) is 7.17. The second kappa shape index (κ2) is 10.4. The second-order valence-corrected chi connectivity index (χ2v) is 6.70. The molecular weight excluding hydrogens is 441 g/mol. The summed E-state index contributed by atoms with van der Waals surface area (Å²) in [7, 11) is 0. The van der Waals surface area contributed by atoms with Gasteiger partial charge in [0, 0.05) is 12.7 Å². The van der Waals surface area contributed by atoms with Gasteiger partial charge in [-0.05, 0) is 42.0 Å². The number of anilines is 1. The number of para-hydroxylation sites is 2. The van der Waals surface area contributed by atoms with Crippen molar-refractivity contribution in [2.75, 3.05) is 11.9 Å². The maximum absolute atomic E-state index is 12.7. The summed E-state index contributed by atoms with van der Waals surface area (Å²) in [6.45, 7) is -0.150. The number of carbonyl (C=O) groups is 2. The van der Waals surface area contributed by atoms with Crippen molar-refractivity contribution in [3.05, 3.63) is 84.2 Å². The van der Waals surface area contributed by atoms with Crippen LogP contribution in [0.25, 0.3) is 6.08 Å². The number of nitrogens with zero attached hydrogens (tertiary/aromatic N) is 1. The third-order valence-electron chi connectivity index (χ3n) is 4.26. The number of benzene rings is 2. The molecule has 3 rings (SSSR count). The van der Waals surface area contributed by atoms with Crippen LogP contribution in [0.15, 0.2) is 72.9 Å². The number of carboxylic acid groups (broad SMARTS) is 1. The smallest absolute Gasteiger partial charge is 0.482 e. The van der Waals surface area contributed by atoms with Crippen LogP contribution >= 0.6 is 0 Å². The molecule has 0 radical (unpaired) electrons. The van der Waals surface area contributed by atoms with E-state index in [0.717, 1.165) is 11.6 Å². The van der Waals surface area contributed by atoms with Crippen molar-refractivity contribution in [2.24, 2.45) is 0 Å². The Morgan fingerprint density at radius 3 is 2.61 bits per heavy atom. The number of amides is 1. The molecule has 10 heteroatoms. The van der Waals surface area contributed by atoms with Crippen LogP contribution in [-0.4, -0.2) is 34.5 Å². The fourth-order valence-corrected chi connectivity index (χ4v) is 2.90. The highest BCUT2D eigenvalue weighted by Gasteiger charge is 2.32. The number of ether oxygens (including phenoxy) is 2. The molecule has 2 N–H and O–H groups in total. The zero-order valence-electron chi connectivity index (χ0n) is 17.1. The van der Waals surface area contributed by atoms with Gasteiger partial charge in [0.2, 0.25) is 0 Å². The lowest BCUT2D eigenvalue weighted by Crippen LogP contribution is -2.20. The highest BCUT2D eigenvalue weighted by atomic mass is 19.4. The van der Waals surface area contributed by atoms with Gasteiger partial charge in [0.1, 0.15) is 11.4 Å². The van der Waals surface area contributed by atoms with Crippen molar-refractivity contribution < 1.29 is 37.3 Å². The third-order valence-corrected chi connectivity index (χ3v) is 4.26. The Balaban J connectivity index is 1.67. The first-order valence-electron chi connectivity index (χ1n) is 9.64. The zero-order valence-corrected chi connectivity index (χ0v) is 17.1. The van der Waals surface area contributed by atoms with Gasteiger partial charge in [0.15, 0.2) is 12.4 Å². The molecular formula is C23H19F3N2O5. The summed E-state index contributed by atoms with van der Waals surface area (Å²) in [6, 6.07) is 15.3. The Morgan fingerprint density at radius 1 is 1.06 bits per heavy atom. The van der Waals surface area contributed by atoms with Gasteiger partial charge in [-0.1, -0.05) is 36.4 Å². The summed E-state index contributed by atoms with van der Waals surface area (Å²) in [4.78, 5) is 23.3. The van der Waals surface area contributed by atoms with Crippen LogP contribution < -0.4 is 14.8 Å². The monoisotopic (exact) mass is 460 g/mol. The van der Waals surface area contributed by atoms with E-state index < -0.39 is 30.6 Å². The van der Waals surface area contributed by atoms with Gasteiger partial charge in [-0.2, -0.15) is 0 Å². The van der Waals surface area contributed by atoms with E-state index in [1.807, 2.05) is 0 Å². The second-order valence-electron chi connectivity index (χ2n) is 6.70. The fraction of sp³-hybridized carbons (Fsp3) is 0.130. The Labute approximate surface area is 186 Å². The summed E-state index contributed by atoms with van der Waals surface area (Å²) < 4.78 is 48.5. The molecule has 0 fully saturated rings. The lowest BCUT2D eigenvalue weighted by molar-refractivity contribution is -0.274. The fourth-order valence-electron chi connectivity index (χ4n) is 2.90.